The molecule has 2 rings (SSSR count). The molecule has 0 radical (unpaired) electrons. The van der Waals surface area contributed by atoms with E-state index in [0.717, 1.165) is 18.6 Å². The molecule has 1 aliphatic rings. The van der Waals surface area contributed by atoms with Crippen molar-refractivity contribution in [1.82, 2.24) is 4.90 Å². The molecule has 1 fully saturated rings. The fourth-order valence-corrected chi connectivity index (χ4v) is 2.26. The quantitative estimate of drug-likeness (QED) is 0.610. The number of nitro benzene ring substituents is 1. The fourth-order valence-electron chi connectivity index (χ4n) is 2.26. The van der Waals surface area contributed by atoms with Crippen LogP contribution in [0.1, 0.15) is 30.6 Å². The zero-order chi connectivity index (χ0) is 14.2. The molecule has 0 bridgehead atoms. The van der Waals surface area contributed by atoms with Gasteiger partial charge in [-0.15, -0.1) is 0 Å². The second kappa shape index (κ2) is 4.60. The van der Waals surface area contributed by atoms with Gasteiger partial charge in [-0.1, -0.05) is 13.8 Å². The number of likely N-dealkylation sites (tertiary alicyclic amines) is 1. The van der Waals surface area contributed by atoms with E-state index < -0.39 is 16.4 Å². The minimum atomic E-state index is -0.977. The number of rotatable bonds is 2. The average molecular weight is 266 g/mol. The lowest BCUT2D eigenvalue weighted by molar-refractivity contribution is -0.387. The van der Waals surface area contributed by atoms with Crippen LogP contribution in [0, 0.1) is 21.3 Å². The lowest BCUT2D eigenvalue weighted by Crippen LogP contribution is -2.30. The van der Waals surface area contributed by atoms with Crippen molar-refractivity contribution in [3.8, 4) is 0 Å². The van der Waals surface area contributed by atoms with Crippen LogP contribution < -0.4 is 0 Å². The predicted octanol–water partition coefficient (Wildman–Crippen LogP) is 2.61. The van der Waals surface area contributed by atoms with Gasteiger partial charge in [0.1, 0.15) is 0 Å². The number of hydrogen-bond donors (Lipinski definition) is 0. The van der Waals surface area contributed by atoms with Crippen molar-refractivity contribution in [2.45, 2.75) is 20.3 Å². The van der Waals surface area contributed by atoms with Gasteiger partial charge < -0.3 is 4.90 Å². The average Bonchev–Trinajstić information content (AvgIpc) is 2.68. The summed E-state index contributed by atoms with van der Waals surface area (Å²) in [6, 6.07) is 3.27. The van der Waals surface area contributed by atoms with Crippen LogP contribution in [0.2, 0.25) is 0 Å². The number of benzene rings is 1. The molecule has 0 aromatic heterocycles. The summed E-state index contributed by atoms with van der Waals surface area (Å²) < 4.78 is 13.5. The summed E-state index contributed by atoms with van der Waals surface area (Å²) in [5.41, 5.74) is -0.395. The molecule has 1 amide bonds. The van der Waals surface area contributed by atoms with Crippen LogP contribution >= 0.6 is 0 Å². The lowest BCUT2D eigenvalue weighted by Gasteiger charge is -2.19. The highest BCUT2D eigenvalue weighted by Crippen LogP contribution is 2.30. The van der Waals surface area contributed by atoms with Crippen LogP contribution in [0.25, 0.3) is 0 Å². The summed E-state index contributed by atoms with van der Waals surface area (Å²) in [7, 11) is 0. The molecule has 0 aliphatic carbocycles. The first kappa shape index (κ1) is 13.5. The summed E-state index contributed by atoms with van der Waals surface area (Å²) in [5, 5.41) is 10.5. The van der Waals surface area contributed by atoms with E-state index in [1.807, 2.05) is 0 Å². The number of carbonyl (C=O) groups is 1. The fraction of sp³-hybridized carbons (Fsp3) is 0.462. The number of halogens is 1. The third-order valence-corrected chi connectivity index (χ3v) is 3.36. The zero-order valence-corrected chi connectivity index (χ0v) is 10.9. The molecule has 0 spiro atoms. The molecule has 0 saturated carbocycles. The minimum absolute atomic E-state index is 0.0645. The van der Waals surface area contributed by atoms with Crippen molar-refractivity contribution in [1.29, 1.82) is 0 Å². The van der Waals surface area contributed by atoms with Gasteiger partial charge in [-0.3, -0.25) is 14.9 Å². The second-order valence-corrected chi connectivity index (χ2v) is 5.56. The van der Waals surface area contributed by atoms with Gasteiger partial charge >= 0.3 is 5.69 Å². The molecule has 0 atom stereocenters. The standard InChI is InChI=1S/C13H15FN2O3/c1-13(2)5-6-15(8-13)12(17)9-3-4-11(16(18)19)10(14)7-9/h3-4,7H,5-6,8H2,1-2H3. The van der Waals surface area contributed by atoms with Crippen molar-refractivity contribution in [2.24, 2.45) is 5.41 Å². The van der Waals surface area contributed by atoms with Crippen LogP contribution in [0.5, 0.6) is 0 Å². The Morgan fingerprint density at radius 2 is 2.16 bits per heavy atom. The Morgan fingerprint density at radius 1 is 1.47 bits per heavy atom. The van der Waals surface area contributed by atoms with Crippen molar-refractivity contribution in [3.05, 3.63) is 39.7 Å². The Morgan fingerprint density at radius 3 is 2.63 bits per heavy atom. The first-order valence-electron chi connectivity index (χ1n) is 6.03. The van der Waals surface area contributed by atoms with Gasteiger partial charge in [-0.25, -0.2) is 0 Å². The van der Waals surface area contributed by atoms with E-state index in [9.17, 15) is 19.3 Å². The largest absolute Gasteiger partial charge is 0.338 e. The summed E-state index contributed by atoms with van der Waals surface area (Å²) in [5.74, 6) is -1.26. The lowest BCUT2D eigenvalue weighted by atomic mass is 9.93. The Labute approximate surface area is 110 Å². The molecule has 102 valence electrons. The Kier molecular flexibility index (Phi) is 3.26. The SMILES string of the molecule is CC1(C)CCN(C(=O)c2ccc([N+](=O)[O-])c(F)c2)C1. The van der Waals surface area contributed by atoms with Crippen LogP contribution in [-0.4, -0.2) is 28.8 Å². The summed E-state index contributed by atoms with van der Waals surface area (Å²) in [6.07, 6.45) is 0.897. The topological polar surface area (TPSA) is 63.5 Å². The van der Waals surface area contributed by atoms with Gasteiger partial charge in [0.05, 0.1) is 4.92 Å². The van der Waals surface area contributed by atoms with E-state index in [1.165, 1.54) is 6.07 Å². The van der Waals surface area contributed by atoms with Crippen LogP contribution in [0.3, 0.4) is 0 Å². The molecular weight excluding hydrogens is 251 g/mol. The van der Waals surface area contributed by atoms with Crippen LogP contribution in [0.4, 0.5) is 10.1 Å². The van der Waals surface area contributed by atoms with Gasteiger partial charge in [0.2, 0.25) is 5.82 Å². The van der Waals surface area contributed by atoms with E-state index in [2.05, 4.69) is 13.8 Å². The van der Waals surface area contributed by atoms with Crippen molar-refractivity contribution >= 4 is 11.6 Å². The molecule has 1 aromatic rings. The summed E-state index contributed by atoms with van der Waals surface area (Å²) in [6.45, 7) is 5.38. The normalized spacial score (nSPS) is 17.5. The number of amides is 1. The van der Waals surface area contributed by atoms with Crippen molar-refractivity contribution < 1.29 is 14.1 Å². The van der Waals surface area contributed by atoms with Crippen LogP contribution in [0.15, 0.2) is 18.2 Å². The third-order valence-electron chi connectivity index (χ3n) is 3.36. The smallest absolute Gasteiger partial charge is 0.304 e. The predicted molar refractivity (Wildman–Crippen MR) is 67.4 cm³/mol. The van der Waals surface area contributed by atoms with Gasteiger partial charge in [-0.05, 0) is 24.0 Å². The summed E-state index contributed by atoms with van der Waals surface area (Å²) >= 11 is 0. The maximum Gasteiger partial charge on any atom is 0.304 e. The van der Waals surface area contributed by atoms with E-state index in [4.69, 9.17) is 0 Å². The number of hydrogen-bond acceptors (Lipinski definition) is 3. The highest BCUT2D eigenvalue weighted by atomic mass is 19.1. The zero-order valence-electron chi connectivity index (χ0n) is 10.9. The maximum atomic E-state index is 13.5. The van der Waals surface area contributed by atoms with Crippen molar-refractivity contribution in [2.75, 3.05) is 13.1 Å². The van der Waals surface area contributed by atoms with Gasteiger partial charge in [0, 0.05) is 24.7 Å². The molecule has 19 heavy (non-hydrogen) atoms. The number of nitro groups is 1. The van der Waals surface area contributed by atoms with E-state index in [0.29, 0.717) is 13.1 Å². The van der Waals surface area contributed by atoms with E-state index >= 15 is 0 Å². The van der Waals surface area contributed by atoms with Gasteiger partial charge in [0.15, 0.2) is 0 Å². The maximum absolute atomic E-state index is 13.5. The second-order valence-electron chi connectivity index (χ2n) is 5.56. The molecule has 6 heteroatoms. The molecule has 1 saturated heterocycles. The molecule has 0 unspecified atom stereocenters. The van der Waals surface area contributed by atoms with Crippen LogP contribution in [-0.2, 0) is 0 Å². The molecule has 1 aromatic carbocycles. The number of carbonyl (C=O) groups excluding carboxylic acids is 1. The monoisotopic (exact) mass is 266 g/mol. The third kappa shape index (κ3) is 2.72. The Balaban J connectivity index is 2.21. The molecule has 0 N–H and O–H groups in total. The minimum Gasteiger partial charge on any atom is -0.338 e. The Hall–Kier alpha value is -1.98. The van der Waals surface area contributed by atoms with Gasteiger partial charge in [0.25, 0.3) is 5.91 Å². The Bertz CT molecular complexity index is 543. The van der Waals surface area contributed by atoms with E-state index in [1.54, 1.807) is 4.90 Å². The van der Waals surface area contributed by atoms with E-state index in [-0.39, 0.29) is 16.9 Å². The van der Waals surface area contributed by atoms with Gasteiger partial charge in [-0.2, -0.15) is 4.39 Å². The number of nitrogens with zero attached hydrogens (tertiary/aromatic N) is 2. The molecule has 5 nitrogen and oxygen atoms in total. The first-order valence-corrected chi connectivity index (χ1v) is 6.03. The highest BCUT2D eigenvalue weighted by molar-refractivity contribution is 5.94. The highest BCUT2D eigenvalue weighted by Gasteiger charge is 2.32. The molecular formula is C13H15FN2O3. The first-order chi connectivity index (χ1) is 8.80. The summed E-state index contributed by atoms with van der Waals surface area (Å²) in [4.78, 5) is 23.5. The van der Waals surface area contributed by atoms with Crippen molar-refractivity contribution in [3.63, 3.8) is 0 Å². The molecule has 1 heterocycles. The molecule has 1 aliphatic heterocycles.